The van der Waals surface area contributed by atoms with Gasteiger partial charge in [0.05, 0.1) is 28.4 Å². The maximum Gasteiger partial charge on any atom is 0.255 e. The van der Waals surface area contributed by atoms with Crippen molar-refractivity contribution in [3.63, 3.8) is 0 Å². The van der Waals surface area contributed by atoms with Crippen LogP contribution in [-0.2, 0) is 16.6 Å². The number of para-hydroxylation sites is 1. The van der Waals surface area contributed by atoms with Crippen molar-refractivity contribution in [2.45, 2.75) is 11.4 Å². The smallest absolute Gasteiger partial charge is 0.255 e. The van der Waals surface area contributed by atoms with Crippen LogP contribution < -0.4 is 10.0 Å². The fraction of sp³-hybridized carbons (Fsp3) is 0.0556. The van der Waals surface area contributed by atoms with Gasteiger partial charge < -0.3 is 9.73 Å². The molecule has 8 heteroatoms. The van der Waals surface area contributed by atoms with Gasteiger partial charge in [0.25, 0.3) is 5.91 Å². The fourth-order valence-electron chi connectivity index (χ4n) is 2.21. The molecule has 134 valence electrons. The summed E-state index contributed by atoms with van der Waals surface area (Å²) in [5.74, 6) is 0.120. The van der Waals surface area contributed by atoms with E-state index in [1.807, 2.05) is 0 Å². The fourth-order valence-corrected chi connectivity index (χ4v) is 3.38. The van der Waals surface area contributed by atoms with Gasteiger partial charge in [0.1, 0.15) is 5.76 Å². The topological polar surface area (TPSA) is 88.4 Å². The number of hydrogen-bond donors (Lipinski definition) is 2. The Balaban J connectivity index is 1.69. The molecule has 0 unspecified atom stereocenters. The van der Waals surface area contributed by atoms with E-state index in [-0.39, 0.29) is 17.3 Å². The highest BCUT2D eigenvalue weighted by molar-refractivity contribution is 7.89. The van der Waals surface area contributed by atoms with Gasteiger partial charge in [-0.1, -0.05) is 23.7 Å². The molecule has 0 bridgehead atoms. The van der Waals surface area contributed by atoms with Gasteiger partial charge >= 0.3 is 0 Å². The van der Waals surface area contributed by atoms with E-state index in [1.165, 1.54) is 30.5 Å². The summed E-state index contributed by atoms with van der Waals surface area (Å²) < 4.78 is 32.1. The lowest BCUT2D eigenvalue weighted by atomic mass is 10.2. The van der Waals surface area contributed by atoms with Crippen molar-refractivity contribution >= 4 is 33.2 Å². The highest BCUT2D eigenvalue weighted by Gasteiger charge is 2.15. The molecule has 1 aromatic heterocycles. The third-order valence-electron chi connectivity index (χ3n) is 3.57. The van der Waals surface area contributed by atoms with Crippen molar-refractivity contribution in [2.75, 3.05) is 5.32 Å². The normalized spacial score (nSPS) is 11.3. The summed E-state index contributed by atoms with van der Waals surface area (Å²) in [7, 11) is -3.71. The summed E-state index contributed by atoms with van der Waals surface area (Å²) in [5, 5.41) is 3.10. The first-order chi connectivity index (χ1) is 12.5. The van der Waals surface area contributed by atoms with E-state index in [0.29, 0.717) is 22.0 Å². The van der Waals surface area contributed by atoms with Crippen LogP contribution in [0.5, 0.6) is 0 Å². The molecule has 1 amide bonds. The minimum absolute atomic E-state index is 0.0457. The second-order valence-corrected chi connectivity index (χ2v) is 7.54. The largest absolute Gasteiger partial charge is 0.468 e. The number of rotatable bonds is 6. The standard InChI is InChI=1S/C18H15ClN2O4S/c19-16-5-1-2-6-17(16)21-18(22)13-7-9-15(10-8-13)26(23,24)20-12-14-4-3-11-25-14/h1-11,20H,12H2,(H,21,22). The van der Waals surface area contributed by atoms with Gasteiger partial charge in [-0.3, -0.25) is 4.79 Å². The van der Waals surface area contributed by atoms with Crippen LogP contribution in [0.15, 0.2) is 76.2 Å². The van der Waals surface area contributed by atoms with Gasteiger partial charge in [0.2, 0.25) is 10.0 Å². The van der Waals surface area contributed by atoms with Gasteiger partial charge in [0, 0.05) is 5.56 Å². The second kappa shape index (κ2) is 7.74. The molecule has 0 spiro atoms. The van der Waals surface area contributed by atoms with E-state index in [1.54, 1.807) is 36.4 Å². The second-order valence-electron chi connectivity index (χ2n) is 5.36. The Bertz CT molecular complexity index is 1000. The summed E-state index contributed by atoms with van der Waals surface area (Å²) in [6.45, 7) is 0.0457. The summed E-state index contributed by atoms with van der Waals surface area (Å²) in [6, 6.07) is 15.8. The minimum atomic E-state index is -3.71. The molecule has 6 nitrogen and oxygen atoms in total. The van der Waals surface area contributed by atoms with Gasteiger partial charge in [-0.05, 0) is 48.5 Å². The molecule has 2 N–H and O–H groups in total. The average molecular weight is 391 g/mol. The van der Waals surface area contributed by atoms with Crippen LogP contribution in [0.1, 0.15) is 16.1 Å². The molecule has 1 heterocycles. The summed E-state index contributed by atoms with van der Waals surface area (Å²) in [6.07, 6.45) is 1.47. The molecule has 2 aromatic carbocycles. The zero-order chi connectivity index (χ0) is 18.6. The third-order valence-corrected chi connectivity index (χ3v) is 5.31. The lowest BCUT2D eigenvalue weighted by Crippen LogP contribution is -2.23. The number of hydrogen-bond acceptors (Lipinski definition) is 4. The van der Waals surface area contributed by atoms with Gasteiger partial charge in [-0.15, -0.1) is 0 Å². The van der Waals surface area contributed by atoms with Gasteiger partial charge in [-0.2, -0.15) is 0 Å². The molecular formula is C18H15ClN2O4S. The maximum absolute atomic E-state index is 12.3. The first-order valence-corrected chi connectivity index (χ1v) is 9.50. The van der Waals surface area contributed by atoms with Crippen LogP contribution in [0.4, 0.5) is 5.69 Å². The van der Waals surface area contributed by atoms with Crippen LogP contribution in [0.3, 0.4) is 0 Å². The Morgan fingerprint density at radius 3 is 2.38 bits per heavy atom. The molecular weight excluding hydrogens is 376 g/mol. The van der Waals surface area contributed by atoms with Crippen molar-refractivity contribution in [2.24, 2.45) is 0 Å². The van der Waals surface area contributed by atoms with Crippen molar-refractivity contribution in [3.05, 3.63) is 83.3 Å². The molecule has 0 aliphatic heterocycles. The Hall–Kier alpha value is -2.61. The van der Waals surface area contributed by atoms with Crippen molar-refractivity contribution in [3.8, 4) is 0 Å². The first kappa shape index (κ1) is 18.2. The highest BCUT2D eigenvalue weighted by Crippen LogP contribution is 2.21. The molecule has 0 saturated carbocycles. The Labute approximate surface area is 155 Å². The van der Waals surface area contributed by atoms with Crippen molar-refractivity contribution in [1.82, 2.24) is 4.72 Å². The first-order valence-electron chi connectivity index (χ1n) is 7.64. The van der Waals surface area contributed by atoms with E-state index in [2.05, 4.69) is 10.0 Å². The predicted molar refractivity (Wildman–Crippen MR) is 98.6 cm³/mol. The number of sulfonamides is 1. The zero-order valence-electron chi connectivity index (χ0n) is 13.5. The number of carbonyl (C=O) groups excluding carboxylic acids is 1. The van der Waals surface area contributed by atoms with E-state index < -0.39 is 10.0 Å². The molecule has 0 fully saturated rings. The summed E-state index contributed by atoms with van der Waals surface area (Å²) >= 11 is 6.01. The number of anilines is 1. The predicted octanol–water partition coefficient (Wildman–Crippen LogP) is 3.66. The van der Waals surface area contributed by atoms with E-state index in [4.69, 9.17) is 16.0 Å². The SMILES string of the molecule is O=C(Nc1ccccc1Cl)c1ccc(S(=O)(=O)NCc2ccco2)cc1. The van der Waals surface area contributed by atoms with E-state index >= 15 is 0 Å². The quantitative estimate of drug-likeness (QED) is 0.672. The molecule has 0 atom stereocenters. The van der Waals surface area contributed by atoms with Crippen LogP contribution in [0.2, 0.25) is 5.02 Å². The van der Waals surface area contributed by atoms with Crippen LogP contribution in [-0.4, -0.2) is 14.3 Å². The van der Waals surface area contributed by atoms with E-state index in [0.717, 1.165) is 0 Å². The molecule has 26 heavy (non-hydrogen) atoms. The molecule has 0 radical (unpaired) electrons. The average Bonchev–Trinajstić information content (AvgIpc) is 3.16. The van der Waals surface area contributed by atoms with Crippen LogP contribution in [0.25, 0.3) is 0 Å². The maximum atomic E-state index is 12.3. The molecule has 0 saturated heterocycles. The monoisotopic (exact) mass is 390 g/mol. The molecule has 3 rings (SSSR count). The van der Waals surface area contributed by atoms with Crippen LogP contribution >= 0.6 is 11.6 Å². The molecule has 0 aliphatic rings. The number of amides is 1. The van der Waals surface area contributed by atoms with Crippen molar-refractivity contribution < 1.29 is 17.6 Å². The van der Waals surface area contributed by atoms with E-state index in [9.17, 15) is 13.2 Å². The lowest BCUT2D eigenvalue weighted by Gasteiger charge is -2.08. The summed E-state index contributed by atoms with van der Waals surface area (Å²) in [4.78, 5) is 12.3. The Kier molecular flexibility index (Phi) is 5.41. The number of carbonyl (C=O) groups is 1. The summed E-state index contributed by atoms with van der Waals surface area (Å²) in [5.41, 5.74) is 0.797. The molecule has 3 aromatic rings. The Morgan fingerprint density at radius 2 is 1.73 bits per heavy atom. The number of benzene rings is 2. The number of furan rings is 1. The van der Waals surface area contributed by atoms with Crippen molar-refractivity contribution in [1.29, 1.82) is 0 Å². The highest BCUT2D eigenvalue weighted by atomic mass is 35.5. The molecule has 0 aliphatic carbocycles. The van der Waals surface area contributed by atoms with Gasteiger partial charge in [0.15, 0.2) is 0 Å². The minimum Gasteiger partial charge on any atom is -0.468 e. The number of halogens is 1. The number of nitrogens with one attached hydrogen (secondary N) is 2. The zero-order valence-corrected chi connectivity index (χ0v) is 15.0. The lowest BCUT2D eigenvalue weighted by molar-refractivity contribution is 0.102. The van der Waals surface area contributed by atoms with Crippen LogP contribution in [0, 0.1) is 0 Å². The van der Waals surface area contributed by atoms with Gasteiger partial charge in [-0.25, -0.2) is 13.1 Å². The Morgan fingerprint density at radius 1 is 1.00 bits per heavy atom. The third kappa shape index (κ3) is 4.32.